The monoisotopic (exact) mass is 558 g/mol. The van der Waals surface area contributed by atoms with Gasteiger partial charge in [-0.3, -0.25) is 14.4 Å². The molecule has 4 N–H and O–H groups in total. The lowest BCUT2D eigenvalue weighted by atomic mass is 9.85. The predicted molar refractivity (Wildman–Crippen MR) is 145 cm³/mol. The number of hydrogen-bond acceptors (Lipinski definition) is 8. The van der Waals surface area contributed by atoms with Crippen molar-refractivity contribution in [2.24, 2.45) is 22.7 Å². The SMILES string of the molecule is COC(=O)N[C@H](C(=O)N1C[C@H]2[C@@H]([C@H]1C(=O)N[C@@H](CCSC)[C@](O)(S)C(=O)NC1CC1)C2(C)C)C(C)(C)C. The number of aliphatic hydroxyl groups is 1. The van der Waals surface area contributed by atoms with Crippen molar-refractivity contribution in [1.82, 2.24) is 20.9 Å². The number of amides is 4. The first-order valence-electron chi connectivity index (χ1n) is 12.8. The lowest BCUT2D eigenvalue weighted by molar-refractivity contribution is -0.145. The third-order valence-corrected chi connectivity index (χ3v) is 9.14. The van der Waals surface area contributed by atoms with Crippen LogP contribution in [0, 0.1) is 22.7 Å². The van der Waals surface area contributed by atoms with Gasteiger partial charge in [0.1, 0.15) is 12.1 Å². The van der Waals surface area contributed by atoms with Gasteiger partial charge >= 0.3 is 6.09 Å². The van der Waals surface area contributed by atoms with Crippen molar-refractivity contribution in [3.8, 4) is 0 Å². The summed E-state index contributed by atoms with van der Waals surface area (Å²) in [7, 11) is 1.23. The molecule has 37 heavy (non-hydrogen) atoms. The zero-order valence-electron chi connectivity index (χ0n) is 22.8. The Balaban J connectivity index is 1.85. The summed E-state index contributed by atoms with van der Waals surface area (Å²) in [5.74, 6) is -0.800. The molecule has 1 heterocycles. The van der Waals surface area contributed by atoms with E-state index in [9.17, 15) is 24.3 Å². The summed E-state index contributed by atoms with van der Waals surface area (Å²) in [4.78, 5) is 51.8. The van der Waals surface area contributed by atoms with Crippen LogP contribution in [0.1, 0.15) is 53.9 Å². The highest BCUT2D eigenvalue weighted by molar-refractivity contribution is 7.98. The van der Waals surface area contributed by atoms with Crippen molar-refractivity contribution >= 4 is 48.2 Å². The average Bonchev–Trinajstić information content (AvgIpc) is 3.65. The second kappa shape index (κ2) is 10.8. The van der Waals surface area contributed by atoms with Crippen LogP contribution in [-0.2, 0) is 19.1 Å². The maximum atomic E-state index is 13.8. The zero-order chi connectivity index (χ0) is 27.9. The minimum atomic E-state index is -2.11. The van der Waals surface area contributed by atoms with Gasteiger partial charge in [-0.15, -0.1) is 12.6 Å². The van der Waals surface area contributed by atoms with Gasteiger partial charge in [0.15, 0.2) is 0 Å². The van der Waals surface area contributed by atoms with Crippen molar-refractivity contribution in [1.29, 1.82) is 0 Å². The Labute approximate surface area is 229 Å². The van der Waals surface area contributed by atoms with Gasteiger partial charge in [0.25, 0.3) is 5.91 Å². The Morgan fingerprint density at radius 2 is 1.81 bits per heavy atom. The maximum Gasteiger partial charge on any atom is 0.407 e. The Morgan fingerprint density at radius 1 is 1.19 bits per heavy atom. The highest BCUT2D eigenvalue weighted by Gasteiger charge is 2.70. The van der Waals surface area contributed by atoms with Crippen LogP contribution >= 0.6 is 24.4 Å². The molecule has 2 saturated carbocycles. The Kier molecular flexibility index (Phi) is 8.76. The van der Waals surface area contributed by atoms with Crippen LogP contribution in [0.3, 0.4) is 0 Å². The van der Waals surface area contributed by atoms with Crippen molar-refractivity contribution in [2.45, 2.75) is 83.0 Å². The fraction of sp³-hybridized carbons (Fsp3) is 0.840. The molecule has 0 spiro atoms. The molecule has 0 unspecified atom stereocenters. The van der Waals surface area contributed by atoms with Crippen molar-refractivity contribution in [3.63, 3.8) is 0 Å². The normalized spacial score (nSPS) is 27.3. The molecule has 6 atom stereocenters. The van der Waals surface area contributed by atoms with Gasteiger partial charge in [-0.25, -0.2) is 4.79 Å². The fourth-order valence-corrected chi connectivity index (χ4v) is 6.08. The van der Waals surface area contributed by atoms with Crippen LogP contribution < -0.4 is 16.0 Å². The second-order valence-electron chi connectivity index (χ2n) is 12.1. The molecule has 1 saturated heterocycles. The number of hydrogen-bond donors (Lipinski definition) is 5. The van der Waals surface area contributed by atoms with Crippen molar-refractivity contribution in [3.05, 3.63) is 0 Å². The van der Waals surface area contributed by atoms with E-state index >= 15 is 0 Å². The quantitative estimate of drug-likeness (QED) is 0.202. The fourth-order valence-electron chi connectivity index (χ4n) is 5.35. The molecule has 0 aromatic carbocycles. The van der Waals surface area contributed by atoms with Gasteiger partial charge in [0.2, 0.25) is 16.7 Å². The number of rotatable bonds is 10. The molecule has 1 aliphatic heterocycles. The van der Waals surface area contributed by atoms with E-state index in [-0.39, 0.29) is 29.2 Å². The number of methoxy groups -OCH3 is 1. The summed E-state index contributed by atoms with van der Waals surface area (Å²) in [5, 5.41) is 19.4. The molecule has 0 aromatic heterocycles. The second-order valence-corrected chi connectivity index (χ2v) is 13.8. The van der Waals surface area contributed by atoms with Gasteiger partial charge in [-0.1, -0.05) is 34.6 Å². The molecule has 3 fully saturated rings. The highest BCUT2D eigenvalue weighted by Crippen LogP contribution is 2.65. The standard InChI is InChI=1S/C25H42N4O6S2/c1-23(2,3)18(28-22(33)35-6)20(31)29-12-14-16(24(14,4)5)17(29)19(30)27-15(10-11-37-7)25(34,36)21(32)26-13-8-9-13/h13-18,34,36H,8-12H2,1-7H3,(H,26,32)(H,27,30)(H,28,33)/t14-,15-,16-,17-,18+,25-/m0/s1. The number of thiol groups is 1. The summed E-state index contributed by atoms with van der Waals surface area (Å²) in [6.45, 7) is 10.0. The molecule has 0 radical (unpaired) electrons. The molecule has 3 rings (SSSR count). The van der Waals surface area contributed by atoms with Crippen molar-refractivity contribution in [2.75, 3.05) is 25.7 Å². The van der Waals surface area contributed by atoms with Gasteiger partial charge in [-0.2, -0.15) is 11.8 Å². The molecule has 210 valence electrons. The topological polar surface area (TPSA) is 137 Å². The number of nitrogens with one attached hydrogen (secondary N) is 3. The van der Waals surface area contributed by atoms with Gasteiger partial charge in [0.05, 0.1) is 13.2 Å². The van der Waals surface area contributed by atoms with Crippen LogP contribution in [0.15, 0.2) is 0 Å². The molecule has 4 amide bonds. The number of nitrogens with zero attached hydrogens (tertiary/aromatic N) is 1. The van der Waals surface area contributed by atoms with E-state index in [0.29, 0.717) is 18.7 Å². The number of piperidine rings is 1. The van der Waals surface area contributed by atoms with E-state index in [0.717, 1.165) is 12.8 Å². The Hall–Kier alpha value is -1.66. The summed E-state index contributed by atoms with van der Waals surface area (Å²) < 4.78 is 4.73. The lowest BCUT2D eigenvalue weighted by Gasteiger charge is -2.38. The Bertz CT molecular complexity index is 917. The largest absolute Gasteiger partial charge is 0.453 e. The molecular weight excluding hydrogens is 516 g/mol. The first-order chi connectivity index (χ1) is 17.1. The van der Waals surface area contributed by atoms with Gasteiger partial charge in [0, 0.05) is 12.6 Å². The van der Waals surface area contributed by atoms with Crippen LogP contribution in [0.4, 0.5) is 4.79 Å². The molecule has 2 aliphatic carbocycles. The van der Waals surface area contributed by atoms with E-state index in [4.69, 9.17) is 4.74 Å². The first kappa shape index (κ1) is 29.9. The molecule has 0 aromatic rings. The van der Waals surface area contributed by atoms with E-state index < -0.39 is 46.4 Å². The molecule has 10 nitrogen and oxygen atoms in total. The van der Waals surface area contributed by atoms with E-state index in [1.165, 1.54) is 23.8 Å². The number of carbonyl (C=O) groups is 4. The number of alkyl carbamates (subject to hydrolysis) is 1. The maximum absolute atomic E-state index is 13.8. The third kappa shape index (κ3) is 6.33. The molecule has 12 heteroatoms. The van der Waals surface area contributed by atoms with E-state index in [1.54, 1.807) is 0 Å². The summed E-state index contributed by atoms with van der Waals surface area (Å²) in [5.41, 5.74) is -0.775. The smallest absolute Gasteiger partial charge is 0.407 e. The minimum Gasteiger partial charge on any atom is -0.453 e. The first-order valence-corrected chi connectivity index (χ1v) is 14.6. The van der Waals surface area contributed by atoms with Gasteiger partial charge < -0.3 is 30.7 Å². The molecular formula is C25H42N4O6S2. The zero-order valence-corrected chi connectivity index (χ0v) is 24.5. The van der Waals surface area contributed by atoms with E-state index in [1.807, 2.05) is 27.0 Å². The minimum absolute atomic E-state index is 0.0238. The van der Waals surface area contributed by atoms with Gasteiger partial charge in [-0.05, 0) is 53.9 Å². The van der Waals surface area contributed by atoms with Crippen LogP contribution in [0.25, 0.3) is 0 Å². The summed E-state index contributed by atoms with van der Waals surface area (Å²) in [6, 6.07) is -2.65. The average molecular weight is 559 g/mol. The number of fused-ring (bicyclic) bond motifs is 1. The number of thioether (sulfide) groups is 1. The highest BCUT2D eigenvalue weighted by atomic mass is 32.2. The summed E-state index contributed by atoms with van der Waals surface area (Å²) in [6.07, 6.45) is 3.19. The molecule has 3 aliphatic rings. The number of likely N-dealkylation sites (tertiary alicyclic amines) is 1. The van der Waals surface area contributed by atoms with Crippen LogP contribution in [-0.4, -0.2) is 88.6 Å². The Morgan fingerprint density at radius 3 is 2.32 bits per heavy atom. The van der Waals surface area contributed by atoms with Crippen LogP contribution in [0.2, 0.25) is 0 Å². The van der Waals surface area contributed by atoms with Crippen LogP contribution in [0.5, 0.6) is 0 Å². The molecule has 0 bridgehead atoms. The lowest BCUT2D eigenvalue weighted by Crippen LogP contribution is -2.63. The van der Waals surface area contributed by atoms with Crippen molar-refractivity contribution < 1.29 is 29.0 Å². The summed E-state index contributed by atoms with van der Waals surface area (Å²) >= 11 is 5.82. The third-order valence-electron chi connectivity index (χ3n) is 7.98. The number of carbonyl (C=O) groups excluding carboxylic acids is 4. The number of ether oxygens (including phenoxy) is 1. The van der Waals surface area contributed by atoms with E-state index in [2.05, 4.69) is 42.4 Å². The predicted octanol–water partition coefficient (Wildman–Crippen LogP) is 1.38.